The maximum absolute atomic E-state index is 12.8. The molecular weight excluding hydrogens is 454 g/mol. The molecule has 1 aliphatic heterocycles. The van der Waals surface area contributed by atoms with Crippen molar-refractivity contribution in [1.29, 1.82) is 0 Å². The molecular formula is C26H21NO4S2. The number of amides is 1. The normalized spacial score (nSPS) is 14.6. The zero-order valence-corrected chi connectivity index (χ0v) is 19.5. The van der Waals surface area contributed by atoms with Gasteiger partial charge in [-0.3, -0.25) is 9.69 Å². The Balaban J connectivity index is 1.38. The molecule has 0 aromatic heterocycles. The van der Waals surface area contributed by atoms with Gasteiger partial charge in [0.05, 0.1) is 17.6 Å². The molecule has 0 spiro atoms. The van der Waals surface area contributed by atoms with Crippen LogP contribution >= 0.6 is 24.0 Å². The molecule has 1 heterocycles. The van der Waals surface area contributed by atoms with Gasteiger partial charge in [-0.2, -0.15) is 0 Å². The van der Waals surface area contributed by atoms with Crippen LogP contribution in [-0.2, 0) is 11.2 Å². The fourth-order valence-electron chi connectivity index (χ4n) is 3.25. The van der Waals surface area contributed by atoms with Gasteiger partial charge in [-0.15, -0.1) is 0 Å². The van der Waals surface area contributed by atoms with Gasteiger partial charge in [-0.1, -0.05) is 66.4 Å². The predicted molar refractivity (Wildman–Crippen MR) is 134 cm³/mol. The molecule has 33 heavy (non-hydrogen) atoms. The molecule has 1 saturated heterocycles. The number of carbonyl (C=O) groups excluding carboxylic acids is 2. The summed E-state index contributed by atoms with van der Waals surface area (Å²) in [5, 5.41) is 0. The average molecular weight is 476 g/mol. The summed E-state index contributed by atoms with van der Waals surface area (Å²) in [6, 6.07) is 23.7. The molecule has 0 aliphatic carbocycles. The first-order valence-electron chi connectivity index (χ1n) is 10.3. The van der Waals surface area contributed by atoms with Crippen molar-refractivity contribution >= 4 is 46.3 Å². The molecule has 0 saturated carbocycles. The van der Waals surface area contributed by atoms with Crippen LogP contribution < -0.4 is 9.47 Å². The van der Waals surface area contributed by atoms with Gasteiger partial charge < -0.3 is 9.47 Å². The number of thiocarbonyl (C=S) groups is 1. The molecule has 0 unspecified atom stereocenters. The van der Waals surface area contributed by atoms with Crippen molar-refractivity contribution in [2.45, 2.75) is 6.42 Å². The minimum Gasteiger partial charge on any atom is -0.497 e. The lowest BCUT2D eigenvalue weighted by atomic mass is 10.1. The highest BCUT2D eigenvalue weighted by atomic mass is 32.2. The smallest absolute Gasteiger partial charge is 0.343 e. The molecule has 0 bridgehead atoms. The topological polar surface area (TPSA) is 55.8 Å². The zero-order chi connectivity index (χ0) is 23.2. The zero-order valence-electron chi connectivity index (χ0n) is 17.9. The molecule has 166 valence electrons. The fraction of sp³-hybridized carbons (Fsp3) is 0.115. The van der Waals surface area contributed by atoms with Crippen LogP contribution in [0.5, 0.6) is 11.5 Å². The number of esters is 1. The number of rotatable bonds is 7. The lowest BCUT2D eigenvalue weighted by Gasteiger charge is -2.14. The SMILES string of the molecule is COc1ccc(C(=O)Oc2ccc(/C=C3\SC(=S)N(CCc4ccccc4)C3=O)cc2)cc1. The molecule has 1 fully saturated rings. The number of nitrogens with zero attached hydrogens (tertiary/aromatic N) is 1. The number of thioether (sulfide) groups is 1. The first-order valence-corrected chi connectivity index (χ1v) is 11.5. The van der Waals surface area contributed by atoms with Crippen LogP contribution in [0.15, 0.2) is 83.8 Å². The lowest BCUT2D eigenvalue weighted by molar-refractivity contribution is -0.122. The van der Waals surface area contributed by atoms with Crippen molar-refractivity contribution in [3.63, 3.8) is 0 Å². The number of carbonyl (C=O) groups is 2. The van der Waals surface area contributed by atoms with E-state index in [1.807, 2.05) is 30.3 Å². The Morgan fingerprint density at radius 1 is 0.970 bits per heavy atom. The highest BCUT2D eigenvalue weighted by Crippen LogP contribution is 2.33. The Bertz CT molecular complexity index is 1190. The van der Waals surface area contributed by atoms with Gasteiger partial charge >= 0.3 is 5.97 Å². The minimum atomic E-state index is -0.454. The molecule has 0 radical (unpaired) electrons. The molecule has 3 aromatic rings. The summed E-state index contributed by atoms with van der Waals surface area (Å²) in [5.74, 6) is 0.547. The summed E-state index contributed by atoms with van der Waals surface area (Å²) < 4.78 is 11.1. The second-order valence-corrected chi connectivity index (χ2v) is 8.93. The number of ether oxygens (including phenoxy) is 2. The van der Waals surface area contributed by atoms with Gasteiger partial charge in [-0.25, -0.2) is 4.79 Å². The van der Waals surface area contributed by atoms with Crippen molar-refractivity contribution in [2.24, 2.45) is 0 Å². The van der Waals surface area contributed by atoms with Crippen molar-refractivity contribution < 1.29 is 19.1 Å². The van der Waals surface area contributed by atoms with E-state index in [4.69, 9.17) is 21.7 Å². The number of hydrogen-bond donors (Lipinski definition) is 0. The third kappa shape index (κ3) is 5.69. The van der Waals surface area contributed by atoms with Crippen LogP contribution in [0.4, 0.5) is 0 Å². The van der Waals surface area contributed by atoms with E-state index < -0.39 is 5.97 Å². The van der Waals surface area contributed by atoms with Crippen LogP contribution in [0.2, 0.25) is 0 Å². The number of benzene rings is 3. The minimum absolute atomic E-state index is 0.0871. The van der Waals surface area contributed by atoms with Crippen LogP contribution in [0, 0.1) is 0 Å². The molecule has 4 rings (SSSR count). The Morgan fingerprint density at radius 2 is 1.64 bits per heavy atom. The summed E-state index contributed by atoms with van der Waals surface area (Å²) in [7, 11) is 1.57. The second-order valence-electron chi connectivity index (χ2n) is 7.26. The Kier molecular flexibility index (Phi) is 7.22. The molecule has 1 aliphatic rings. The Morgan fingerprint density at radius 3 is 2.30 bits per heavy atom. The second kappa shape index (κ2) is 10.5. The number of methoxy groups -OCH3 is 1. The average Bonchev–Trinajstić information content (AvgIpc) is 3.11. The Labute approximate surface area is 202 Å². The third-order valence-corrected chi connectivity index (χ3v) is 6.43. The van der Waals surface area contributed by atoms with Gasteiger partial charge in [0, 0.05) is 6.54 Å². The van der Waals surface area contributed by atoms with Crippen molar-refractivity contribution in [3.8, 4) is 11.5 Å². The molecule has 3 aromatic carbocycles. The summed E-state index contributed by atoms with van der Waals surface area (Å²) in [6.07, 6.45) is 2.55. The van der Waals surface area contributed by atoms with Gasteiger partial charge in [-0.05, 0) is 60.0 Å². The lowest BCUT2D eigenvalue weighted by Crippen LogP contribution is -2.30. The molecule has 5 nitrogen and oxygen atoms in total. The molecule has 7 heteroatoms. The third-order valence-electron chi connectivity index (χ3n) is 5.05. The maximum Gasteiger partial charge on any atom is 0.343 e. The van der Waals surface area contributed by atoms with Crippen molar-refractivity contribution in [3.05, 3.63) is 100 Å². The largest absolute Gasteiger partial charge is 0.497 e. The van der Waals surface area contributed by atoms with E-state index in [1.165, 1.54) is 11.8 Å². The van der Waals surface area contributed by atoms with E-state index in [9.17, 15) is 9.59 Å². The number of hydrogen-bond acceptors (Lipinski definition) is 6. The first-order chi connectivity index (χ1) is 16.0. The van der Waals surface area contributed by atoms with E-state index in [2.05, 4.69) is 0 Å². The van der Waals surface area contributed by atoms with Gasteiger partial charge in [0.25, 0.3) is 5.91 Å². The van der Waals surface area contributed by atoms with Crippen LogP contribution in [0.3, 0.4) is 0 Å². The van der Waals surface area contributed by atoms with Gasteiger partial charge in [0.15, 0.2) is 0 Å². The van der Waals surface area contributed by atoms with Gasteiger partial charge in [0.1, 0.15) is 15.8 Å². The monoisotopic (exact) mass is 475 g/mol. The van der Waals surface area contributed by atoms with E-state index in [0.29, 0.717) is 32.8 Å². The quantitative estimate of drug-likeness (QED) is 0.199. The highest BCUT2D eigenvalue weighted by Gasteiger charge is 2.31. The molecule has 1 amide bonds. The van der Waals surface area contributed by atoms with Crippen molar-refractivity contribution in [2.75, 3.05) is 13.7 Å². The Hall–Kier alpha value is -3.42. The highest BCUT2D eigenvalue weighted by molar-refractivity contribution is 8.26. The van der Waals surface area contributed by atoms with Gasteiger partial charge in [0.2, 0.25) is 0 Å². The van der Waals surface area contributed by atoms with E-state index in [-0.39, 0.29) is 5.91 Å². The van der Waals surface area contributed by atoms with Crippen LogP contribution in [0.1, 0.15) is 21.5 Å². The first kappa shape index (κ1) is 22.8. The van der Waals surface area contributed by atoms with Crippen molar-refractivity contribution in [1.82, 2.24) is 4.90 Å². The predicted octanol–water partition coefficient (Wildman–Crippen LogP) is 5.36. The fourth-order valence-corrected chi connectivity index (χ4v) is 4.56. The summed E-state index contributed by atoms with van der Waals surface area (Å²) >= 11 is 6.72. The molecule has 0 atom stereocenters. The van der Waals surface area contributed by atoms with Crippen LogP contribution in [0.25, 0.3) is 6.08 Å². The standard InChI is InChI=1S/C26H21NO4S2/c1-30-21-13-9-20(10-14-21)25(29)31-22-11-7-19(8-12-22)17-23-24(28)27(26(32)33-23)16-15-18-5-3-2-4-6-18/h2-14,17H,15-16H2,1H3/b23-17-. The van der Waals surface area contributed by atoms with E-state index in [0.717, 1.165) is 17.5 Å². The summed E-state index contributed by atoms with van der Waals surface area (Å²) in [4.78, 5) is 27.4. The van der Waals surface area contributed by atoms with E-state index >= 15 is 0 Å². The maximum atomic E-state index is 12.8. The summed E-state index contributed by atoms with van der Waals surface area (Å²) in [6.45, 7) is 0.548. The van der Waals surface area contributed by atoms with E-state index in [1.54, 1.807) is 66.6 Å². The van der Waals surface area contributed by atoms with Crippen LogP contribution in [-0.4, -0.2) is 34.8 Å². The molecule has 0 N–H and O–H groups in total. The summed E-state index contributed by atoms with van der Waals surface area (Å²) in [5.41, 5.74) is 2.41.